The van der Waals surface area contributed by atoms with E-state index < -0.39 is 5.41 Å². The van der Waals surface area contributed by atoms with Crippen LogP contribution in [0.5, 0.6) is 0 Å². The maximum Gasteiger partial charge on any atom is 0.0714 e. The molecule has 0 saturated carbocycles. The molecule has 11 rings (SSSR count). The molecule has 0 amide bonds. The topological polar surface area (TPSA) is 3.24 Å². The summed E-state index contributed by atoms with van der Waals surface area (Å²) in [5, 5.41) is 2.52. The first kappa shape index (κ1) is 35.4. The average Bonchev–Trinajstić information content (AvgIpc) is 3.64. The molecule has 0 saturated heterocycles. The van der Waals surface area contributed by atoms with Crippen LogP contribution >= 0.6 is 0 Å². The summed E-state index contributed by atoms with van der Waals surface area (Å²) in [6, 6.07) is 90.9. The van der Waals surface area contributed by atoms with Crippen LogP contribution in [0.15, 0.2) is 249 Å². The van der Waals surface area contributed by atoms with E-state index in [0.717, 1.165) is 17.1 Å². The Hall–Kier alpha value is -7.74. The predicted octanol–water partition coefficient (Wildman–Crippen LogP) is 15.7. The molecule has 60 heavy (non-hydrogen) atoms. The minimum Gasteiger partial charge on any atom is -0.310 e. The van der Waals surface area contributed by atoms with E-state index in [4.69, 9.17) is 0 Å². The van der Waals surface area contributed by atoms with Crippen molar-refractivity contribution >= 4 is 27.8 Å². The summed E-state index contributed by atoms with van der Waals surface area (Å²) in [7, 11) is 0. The summed E-state index contributed by atoms with van der Waals surface area (Å²) in [4.78, 5) is 2.45. The Kier molecular flexibility index (Phi) is 8.79. The number of benzene rings is 10. The average molecular weight is 764 g/mol. The van der Waals surface area contributed by atoms with Gasteiger partial charge in [0.2, 0.25) is 0 Å². The second-order valence-corrected chi connectivity index (χ2v) is 15.6. The molecule has 282 valence electrons. The van der Waals surface area contributed by atoms with Gasteiger partial charge in [0, 0.05) is 16.9 Å². The third-order valence-corrected chi connectivity index (χ3v) is 12.4. The Morgan fingerprint density at radius 2 is 0.767 bits per heavy atom. The van der Waals surface area contributed by atoms with Crippen molar-refractivity contribution in [3.8, 4) is 44.5 Å². The Bertz CT molecular complexity index is 3070. The predicted molar refractivity (Wildman–Crippen MR) is 252 cm³/mol. The lowest BCUT2D eigenvalue weighted by molar-refractivity contribution is 0.768. The molecule has 0 unspecified atom stereocenters. The van der Waals surface area contributed by atoms with Crippen LogP contribution in [-0.2, 0) is 5.41 Å². The molecular weight excluding hydrogens is 723 g/mol. The van der Waals surface area contributed by atoms with E-state index in [9.17, 15) is 0 Å². The monoisotopic (exact) mass is 763 g/mol. The molecular formula is C59H41N. The maximum atomic E-state index is 2.45. The highest BCUT2D eigenvalue weighted by molar-refractivity contribution is 5.99. The molecule has 1 nitrogen and oxygen atoms in total. The molecule has 0 heterocycles. The highest BCUT2D eigenvalue weighted by Gasteiger charge is 2.47. The van der Waals surface area contributed by atoms with Crippen LogP contribution in [0, 0.1) is 0 Å². The van der Waals surface area contributed by atoms with Crippen molar-refractivity contribution in [1.29, 1.82) is 0 Å². The first-order chi connectivity index (χ1) is 29.8. The second-order valence-electron chi connectivity index (χ2n) is 15.6. The molecule has 10 aromatic carbocycles. The van der Waals surface area contributed by atoms with Gasteiger partial charge in [-0.15, -0.1) is 0 Å². The summed E-state index contributed by atoms with van der Waals surface area (Å²) >= 11 is 0. The van der Waals surface area contributed by atoms with E-state index in [2.05, 4.69) is 254 Å². The van der Waals surface area contributed by atoms with Crippen LogP contribution in [0.1, 0.15) is 22.3 Å². The van der Waals surface area contributed by atoms with Gasteiger partial charge in [0.25, 0.3) is 0 Å². The third-order valence-electron chi connectivity index (χ3n) is 12.4. The quantitative estimate of drug-likeness (QED) is 0.149. The summed E-state index contributed by atoms with van der Waals surface area (Å²) < 4.78 is 0. The fraction of sp³-hybridized carbons (Fsp3) is 0.0169. The Morgan fingerprint density at radius 3 is 1.47 bits per heavy atom. The van der Waals surface area contributed by atoms with Crippen molar-refractivity contribution in [2.24, 2.45) is 0 Å². The first-order valence-electron chi connectivity index (χ1n) is 20.8. The molecule has 1 aliphatic carbocycles. The minimum atomic E-state index is -0.494. The van der Waals surface area contributed by atoms with Crippen molar-refractivity contribution in [1.82, 2.24) is 0 Å². The zero-order valence-electron chi connectivity index (χ0n) is 33.1. The third kappa shape index (κ3) is 5.86. The van der Waals surface area contributed by atoms with Gasteiger partial charge in [0.15, 0.2) is 0 Å². The molecule has 10 aromatic rings. The van der Waals surface area contributed by atoms with Gasteiger partial charge in [-0.1, -0.05) is 212 Å². The fourth-order valence-corrected chi connectivity index (χ4v) is 9.67. The number of rotatable bonds is 8. The van der Waals surface area contributed by atoms with Crippen molar-refractivity contribution in [2.45, 2.75) is 5.41 Å². The molecule has 0 spiro atoms. The van der Waals surface area contributed by atoms with E-state index in [1.807, 2.05) is 0 Å². The van der Waals surface area contributed by atoms with E-state index in [0.29, 0.717) is 0 Å². The Balaban J connectivity index is 1.09. The van der Waals surface area contributed by atoms with E-state index in [1.165, 1.54) is 77.5 Å². The maximum absolute atomic E-state index is 2.45. The SMILES string of the molecule is c1ccc(-c2ccc(N(c3ccc(-c4cccc(-c5cccc6ccccc56)c4)cc3)c3cccc4c3-c3ccccc3C4(c3ccccc3)c3ccccc3)cc2)cc1. The molecule has 0 bridgehead atoms. The van der Waals surface area contributed by atoms with Crippen molar-refractivity contribution < 1.29 is 0 Å². The molecule has 0 atom stereocenters. The lowest BCUT2D eigenvalue weighted by atomic mass is 9.68. The molecule has 1 heteroatoms. The highest BCUT2D eigenvalue weighted by atomic mass is 15.1. The Labute approximate surface area is 352 Å². The standard InChI is InChI=1S/C59H41N/c1-4-17-42(18-5-1)43-33-37-50(38-34-43)60(51-39-35-44(36-40-51)46-21-14-22-47(41-46)53-29-15-20-45-19-10-11-27-52(45)53)57-32-16-31-56-58(57)54-28-12-13-30-55(54)59(56,48-23-6-2-7-24-48)49-25-8-3-9-26-49/h1-41H. The summed E-state index contributed by atoms with van der Waals surface area (Å²) in [5.41, 5.74) is 17.7. The van der Waals surface area contributed by atoms with Crippen LogP contribution < -0.4 is 4.90 Å². The molecule has 0 radical (unpaired) electrons. The zero-order valence-corrected chi connectivity index (χ0v) is 33.1. The largest absolute Gasteiger partial charge is 0.310 e. The minimum absolute atomic E-state index is 0.494. The van der Waals surface area contributed by atoms with Crippen LogP contribution in [0.2, 0.25) is 0 Å². The van der Waals surface area contributed by atoms with Gasteiger partial charge in [0.05, 0.1) is 11.1 Å². The summed E-state index contributed by atoms with van der Waals surface area (Å²) in [6.45, 7) is 0. The lowest BCUT2D eigenvalue weighted by Gasteiger charge is -2.34. The van der Waals surface area contributed by atoms with Crippen molar-refractivity contribution in [3.05, 3.63) is 271 Å². The smallest absolute Gasteiger partial charge is 0.0714 e. The fourth-order valence-electron chi connectivity index (χ4n) is 9.67. The molecule has 0 aromatic heterocycles. The number of nitrogens with zero attached hydrogens (tertiary/aromatic N) is 1. The number of hydrogen-bond donors (Lipinski definition) is 0. The van der Waals surface area contributed by atoms with Crippen LogP contribution in [0.3, 0.4) is 0 Å². The van der Waals surface area contributed by atoms with Crippen LogP contribution in [-0.4, -0.2) is 0 Å². The van der Waals surface area contributed by atoms with Gasteiger partial charge >= 0.3 is 0 Å². The van der Waals surface area contributed by atoms with E-state index >= 15 is 0 Å². The normalized spacial score (nSPS) is 12.5. The highest BCUT2D eigenvalue weighted by Crippen LogP contribution is 2.59. The van der Waals surface area contributed by atoms with Gasteiger partial charge in [-0.2, -0.15) is 0 Å². The van der Waals surface area contributed by atoms with Gasteiger partial charge in [0.1, 0.15) is 0 Å². The van der Waals surface area contributed by atoms with Crippen LogP contribution in [0.25, 0.3) is 55.3 Å². The molecule has 0 aliphatic heterocycles. The van der Waals surface area contributed by atoms with Crippen molar-refractivity contribution in [2.75, 3.05) is 4.90 Å². The number of fused-ring (bicyclic) bond motifs is 4. The second kappa shape index (κ2) is 14.9. The lowest BCUT2D eigenvalue weighted by Crippen LogP contribution is -2.28. The van der Waals surface area contributed by atoms with E-state index in [1.54, 1.807) is 0 Å². The number of anilines is 3. The van der Waals surface area contributed by atoms with Crippen molar-refractivity contribution in [3.63, 3.8) is 0 Å². The zero-order chi connectivity index (χ0) is 39.9. The molecule has 0 fully saturated rings. The molecule has 0 N–H and O–H groups in total. The van der Waals surface area contributed by atoms with Crippen LogP contribution in [0.4, 0.5) is 17.1 Å². The number of hydrogen-bond acceptors (Lipinski definition) is 1. The van der Waals surface area contributed by atoms with Gasteiger partial charge in [-0.3, -0.25) is 0 Å². The van der Waals surface area contributed by atoms with E-state index in [-0.39, 0.29) is 0 Å². The molecule has 1 aliphatic rings. The van der Waals surface area contributed by atoms with Gasteiger partial charge < -0.3 is 4.90 Å². The van der Waals surface area contributed by atoms with Gasteiger partial charge in [-0.25, -0.2) is 0 Å². The first-order valence-corrected chi connectivity index (χ1v) is 20.8. The summed E-state index contributed by atoms with van der Waals surface area (Å²) in [5.74, 6) is 0. The Morgan fingerprint density at radius 1 is 0.300 bits per heavy atom. The summed E-state index contributed by atoms with van der Waals surface area (Å²) in [6.07, 6.45) is 0. The van der Waals surface area contributed by atoms with Gasteiger partial charge in [-0.05, 0) is 108 Å².